The van der Waals surface area contributed by atoms with Crippen molar-refractivity contribution in [2.75, 3.05) is 16.8 Å². The molecule has 0 saturated carbocycles. The first-order valence-corrected chi connectivity index (χ1v) is 7.74. The summed E-state index contributed by atoms with van der Waals surface area (Å²) >= 11 is 3.36. The van der Waals surface area contributed by atoms with Crippen LogP contribution in [0.2, 0.25) is 0 Å². The Bertz CT molecular complexity index is 641. The number of benzene rings is 2. The number of rotatable bonds is 5. The molecule has 0 fully saturated rings. The van der Waals surface area contributed by atoms with Gasteiger partial charge in [-0.25, -0.2) is 0 Å². The first-order chi connectivity index (χ1) is 10.6. The van der Waals surface area contributed by atoms with Crippen LogP contribution in [0, 0.1) is 0 Å². The Labute approximate surface area is 138 Å². The second kappa shape index (κ2) is 7.75. The molecule has 0 aliphatic carbocycles. The first kappa shape index (κ1) is 16.2. The van der Waals surface area contributed by atoms with Crippen LogP contribution in [0.4, 0.5) is 11.4 Å². The predicted octanol–water partition coefficient (Wildman–Crippen LogP) is 3.83. The van der Waals surface area contributed by atoms with Gasteiger partial charge in [-0.2, -0.15) is 0 Å². The van der Waals surface area contributed by atoms with Crippen molar-refractivity contribution in [2.45, 2.75) is 13.3 Å². The lowest BCUT2D eigenvalue weighted by atomic mass is 10.2. The summed E-state index contributed by atoms with van der Waals surface area (Å²) in [7, 11) is 0. The summed E-state index contributed by atoms with van der Waals surface area (Å²) in [5, 5.41) is 2.81. The van der Waals surface area contributed by atoms with Crippen molar-refractivity contribution in [3.05, 3.63) is 59.1 Å². The van der Waals surface area contributed by atoms with Crippen molar-refractivity contribution in [3.63, 3.8) is 0 Å². The SMILES string of the molecule is CC(=O)N(CCC(=O)Nc1ccccc1)c1ccc(Br)cc1. The van der Waals surface area contributed by atoms with Gasteiger partial charge in [-0.1, -0.05) is 34.1 Å². The highest BCUT2D eigenvalue weighted by Gasteiger charge is 2.13. The van der Waals surface area contributed by atoms with Gasteiger partial charge in [0.1, 0.15) is 0 Å². The van der Waals surface area contributed by atoms with Gasteiger partial charge in [0.25, 0.3) is 0 Å². The maximum absolute atomic E-state index is 12.0. The molecule has 0 aliphatic rings. The summed E-state index contributed by atoms with van der Waals surface area (Å²) in [4.78, 5) is 25.3. The molecule has 0 spiro atoms. The summed E-state index contributed by atoms with van der Waals surface area (Å²) in [5.74, 6) is -0.204. The molecule has 2 aromatic rings. The van der Waals surface area contributed by atoms with Crippen LogP contribution in [-0.2, 0) is 9.59 Å². The average molecular weight is 361 g/mol. The Morgan fingerprint density at radius 2 is 1.68 bits per heavy atom. The molecule has 0 heterocycles. The van der Waals surface area contributed by atoms with E-state index < -0.39 is 0 Å². The number of halogens is 1. The molecule has 5 heteroatoms. The van der Waals surface area contributed by atoms with Crippen molar-refractivity contribution in [1.82, 2.24) is 0 Å². The van der Waals surface area contributed by atoms with E-state index in [0.717, 1.165) is 15.8 Å². The van der Waals surface area contributed by atoms with Crippen LogP contribution < -0.4 is 10.2 Å². The van der Waals surface area contributed by atoms with Crippen LogP contribution in [0.15, 0.2) is 59.1 Å². The standard InChI is InChI=1S/C17H17BrN2O2/c1-13(21)20(16-9-7-14(18)8-10-16)12-11-17(22)19-15-5-3-2-4-6-15/h2-10H,11-12H2,1H3,(H,19,22). The van der Waals surface area contributed by atoms with E-state index in [2.05, 4.69) is 21.2 Å². The van der Waals surface area contributed by atoms with Crippen LogP contribution in [0.1, 0.15) is 13.3 Å². The third kappa shape index (κ3) is 4.70. The number of nitrogens with one attached hydrogen (secondary N) is 1. The monoisotopic (exact) mass is 360 g/mol. The fourth-order valence-electron chi connectivity index (χ4n) is 2.05. The second-order valence-electron chi connectivity index (χ2n) is 4.81. The third-order valence-electron chi connectivity index (χ3n) is 3.14. The number of carbonyl (C=O) groups is 2. The minimum atomic E-state index is -0.116. The zero-order valence-electron chi connectivity index (χ0n) is 12.3. The third-order valence-corrected chi connectivity index (χ3v) is 3.67. The molecule has 1 N–H and O–H groups in total. The maximum atomic E-state index is 12.0. The van der Waals surface area contributed by atoms with E-state index in [-0.39, 0.29) is 18.2 Å². The highest BCUT2D eigenvalue weighted by molar-refractivity contribution is 9.10. The summed E-state index contributed by atoms with van der Waals surface area (Å²) in [6.07, 6.45) is 0.241. The number of hydrogen-bond acceptors (Lipinski definition) is 2. The van der Waals surface area contributed by atoms with Gasteiger partial charge in [-0.15, -0.1) is 0 Å². The van der Waals surface area contributed by atoms with Crippen molar-refractivity contribution >= 4 is 39.1 Å². The molecule has 0 aliphatic heterocycles. The van der Waals surface area contributed by atoms with Crippen molar-refractivity contribution in [1.29, 1.82) is 0 Å². The Morgan fingerprint density at radius 1 is 1.05 bits per heavy atom. The van der Waals surface area contributed by atoms with E-state index in [0.29, 0.717) is 6.54 Å². The van der Waals surface area contributed by atoms with Crippen molar-refractivity contribution < 1.29 is 9.59 Å². The maximum Gasteiger partial charge on any atom is 0.226 e. The normalized spacial score (nSPS) is 10.1. The van der Waals surface area contributed by atoms with Gasteiger partial charge in [-0.05, 0) is 36.4 Å². The highest BCUT2D eigenvalue weighted by atomic mass is 79.9. The number of carbonyl (C=O) groups excluding carboxylic acids is 2. The van der Waals surface area contributed by atoms with Crippen molar-refractivity contribution in [2.24, 2.45) is 0 Å². The van der Waals surface area contributed by atoms with Gasteiger partial charge in [0.2, 0.25) is 11.8 Å². The Hall–Kier alpha value is -2.14. The molecular formula is C17H17BrN2O2. The van der Waals surface area contributed by atoms with Crippen LogP contribution in [0.5, 0.6) is 0 Å². The summed E-state index contributed by atoms with van der Waals surface area (Å²) < 4.78 is 0.946. The van der Waals surface area contributed by atoms with E-state index in [4.69, 9.17) is 0 Å². The van der Waals surface area contributed by atoms with Crippen molar-refractivity contribution in [3.8, 4) is 0 Å². The molecule has 114 valence electrons. The Morgan fingerprint density at radius 3 is 2.27 bits per heavy atom. The summed E-state index contributed by atoms with van der Waals surface area (Å²) in [6, 6.07) is 16.7. The molecule has 0 radical (unpaired) electrons. The molecule has 2 aromatic carbocycles. The van der Waals surface area contributed by atoms with Gasteiger partial charge < -0.3 is 10.2 Å². The van der Waals surface area contributed by atoms with Gasteiger partial charge in [0.05, 0.1) is 0 Å². The van der Waals surface area contributed by atoms with Gasteiger partial charge in [0.15, 0.2) is 0 Å². The van der Waals surface area contributed by atoms with Crippen LogP contribution in [0.3, 0.4) is 0 Å². The number of hydrogen-bond donors (Lipinski definition) is 1. The van der Waals surface area contributed by atoms with Crippen LogP contribution >= 0.6 is 15.9 Å². The molecule has 0 atom stereocenters. The zero-order valence-corrected chi connectivity index (χ0v) is 13.8. The molecular weight excluding hydrogens is 344 g/mol. The summed E-state index contributed by atoms with van der Waals surface area (Å²) in [5.41, 5.74) is 1.54. The van der Waals surface area contributed by atoms with Gasteiger partial charge in [0, 0.05) is 35.7 Å². The highest BCUT2D eigenvalue weighted by Crippen LogP contribution is 2.19. The second-order valence-corrected chi connectivity index (χ2v) is 5.73. The van der Waals surface area contributed by atoms with E-state index >= 15 is 0 Å². The molecule has 0 unspecified atom stereocenters. The molecule has 2 amide bonds. The number of nitrogens with zero attached hydrogens (tertiary/aromatic N) is 1. The van der Waals surface area contributed by atoms with E-state index in [9.17, 15) is 9.59 Å². The molecule has 0 aromatic heterocycles. The summed E-state index contributed by atoms with van der Waals surface area (Å²) in [6.45, 7) is 1.84. The smallest absolute Gasteiger partial charge is 0.226 e. The fourth-order valence-corrected chi connectivity index (χ4v) is 2.31. The van der Waals surface area contributed by atoms with Crippen LogP contribution in [-0.4, -0.2) is 18.4 Å². The van der Waals surface area contributed by atoms with Gasteiger partial charge >= 0.3 is 0 Å². The topological polar surface area (TPSA) is 49.4 Å². The Balaban J connectivity index is 1.96. The zero-order chi connectivity index (χ0) is 15.9. The lowest BCUT2D eigenvalue weighted by Crippen LogP contribution is -2.31. The van der Waals surface area contributed by atoms with Gasteiger partial charge in [-0.3, -0.25) is 9.59 Å². The largest absolute Gasteiger partial charge is 0.326 e. The first-order valence-electron chi connectivity index (χ1n) is 6.95. The molecule has 22 heavy (non-hydrogen) atoms. The average Bonchev–Trinajstić information content (AvgIpc) is 2.50. The quantitative estimate of drug-likeness (QED) is 0.880. The lowest BCUT2D eigenvalue weighted by Gasteiger charge is -2.21. The van der Waals surface area contributed by atoms with Crippen LogP contribution in [0.25, 0.3) is 0 Å². The minimum Gasteiger partial charge on any atom is -0.326 e. The molecule has 4 nitrogen and oxygen atoms in total. The number of amides is 2. The molecule has 0 bridgehead atoms. The molecule has 2 rings (SSSR count). The van der Waals surface area contributed by atoms with E-state index in [1.54, 1.807) is 4.90 Å². The van der Waals surface area contributed by atoms with E-state index in [1.807, 2.05) is 54.6 Å². The lowest BCUT2D eigenvalue weighted by molar-refractivity contribution is -0.117. The molecule has 0 saturated heterocycles. The van der Waals surface area contributed by atoms with E-state index in [1.165, 1.54) is 6.92 Å². The minimum absolute atomic E-state index is 0.0881. The number of para-hydroxylation sites is 1. The fraction of sp³-hybridized carbons (Fsp3) is 0.176. The predicted molar refractivity (Wildman–Crippen MR) is 91.9 cm³/mol. The number of anilines is 2. The Kier molecular flexibility index (Phi) is 5.72.